The minimum absolute atomic E-state index is 0.128. The minimum Gasteiger partial charge on any atom is -0.454 e. The highest BCUT2D eigenvalue weighted by Gasteiger charge is 2.47. The lowest BCUT2D eigenvalue weighted by Gasteiger charge is -2.41. The highest BCUT2D eigenvalue weighted by atomic mass is 16.7. The van der Waals surface area contributed by atoms with Gasteiger partial charge in [-0.05, 0) is 57.8 Å². The molecule has 0 spiro atoms. The third kappa shape index (κ3) is 42.7. The Bertz CT molecular complexity index is 1410. The van der Waals surface area contributed by atoms with Crippen molar-refractivity contribution in [3.63, 3.8) is 0 Å². The first-order valence-electron chi connectivity index (χ1n) is 33.3. The quantitative estimate of drug-likeness (QED) is 0.0195. The normalized spacial score (nSPS) is 19.1. The molecule has 0 aromatic heterocycles. The van der Waals surface area contributed by atoms with Gasteiger partial charge >= 0.3 is 5.97 Å². The Morgan fingerprint density at radius 3 is 1.33 bits per heavy atom. The number of unbranched alkanes of at least 4 members (excludes halogenated alkanes) is 39. The zero-order valence-electron chi connectivity index (χ0n) is 50.8. The minimum atomic E-state index is -1.61. The van der Waals surface area contributed by atoms with E-state index in [4.69, 9.17) is 14.2 Å². The van der Waals surface area contributed by atoms with Crippen molar-refractivity contribution in [2.75, 3.05) is 13.2 Å². The first kappa shape index (κ1) is 73.9. The van der Waals surface area contributed by atoms with Crippen molar-refractivity contribution in [2.45, 2.75) is 365 Å². The number of hydrogen-bond acceptors (Lipinski definition) is 10. The number of aliphatic hydroxyl groups excluding tert-OH is 5. The number of esters is 1. The predicted molar refractivity (Wildman–Crippen MR) is 324 cm³/mol. The maximum atomic E-state index is 13.4. The van der Waals surface area contributed by atoms with Crippen molar-refractivity contribution in [1.29, 1.82) is 0 Å². The molecular formula is C67H125NO10. The lowest BCUT2D eigenvalue weighted by Crippen LogP contribution is -2.61. The lowest BCUT2D eigenvalue weighted by atomic mass is 9.99. The number of ether oxygens (including phenoxy) is 3. The van der Waals surface area contributed by atoms with E-state index in [1.54, 1.807) is 6.08 Å². The van der Waals surface area contributed by atoms with Crippen LogP contribution in [0.1, 0.15) is 316 Å². The smallest absolute Gasteiger partial charge is 0.306 e. The van der Waals surface area contributed by atoms with Gasteiger partial charge in [0.25, 0.3) is 0 Å². The van der Waals surface area contributed by atoms with Crippen LogP contribution in [0, 0.1) is 0 Å². The molecule has 0 aromatic carbocycles. The molecular weight excluding hydrogens is 979 g/mol. The second-order valence-corrected chi connectivity index (χ2v) is 23.2. The molecule has 1 rings (SSSR count). The number of nitrogens with one attached hydrogen (secondary N) is 1. The fourth-order valence-corrected chi connectivity index (χ4v) is 10.5. The molecule has 1 saturated heterocycles. The molecule has 0 radical (unpaired) electrons. The van der Waals surface area contributed by atoms with Crippen LogP contribution >= 0.6 is 0 Å². The van der Waals surface area contributed by atoms with Gasteiger partial charge in [0.1, 0.15) is 24.4 Å². The van der Waals surface area contributed by atoms with Crippen molar-refractivity contribution in [1.82, 2.24) is 5.32 Å². The van der Waals surface area contributed by atoms with Crippen LogP contribution in [0.3, 0.4) is 0 Å². The van der Waals surface area contributed by atoms with Crippen LogP contribution in [0.2, 0.25) is 0 Å². The average molecular weight is 1100 g/mol. The fraction of sp³-hybridized carbons (Fsp3) is 0.881. The summed E-state index contributed by atoms with van der Waals surface area (Å²) < 4.78 is 17.6. The van der Waals surface area contributed by atoms with Crippen molar-refractivity contribution >= 4 is 11.9 Å². The summed E-state index contributed by atoms with van der Waals surface area (Å²) in [6.07, 6.45) is 56.3. The van der Waals surface area contributed by atoms with Gasteiger partial charge in [-0.3, -0.25) is 9.59 Å². The van der Waals surface area contributed by atoms with Crippen molar-refractivity contribution in [2.24, 2.45) is 0 Å². The average Bonchev–Trinajstić information content (AvgIpc) is 3.45. The SMILES string of the molecule is CCCCC/C=C\C/C=C\CCCCCCCCCCCCCCCCCCCC(=O)OC1C(OCC(NC(=O)C(O)CCCCCCCCCCCC)C(O)/C=C/CCCCCCCCCCCC)OC(CO)C(O)C1O. The van der Waals surface area contributed by atoms with E-state index >= 15 is 0 Å². The Kier molecular flexibility index (Phi) is 52.5. The summed E-state index contributed by atoms with van der Waals surface area (Å²) in [5.74, 6) is -1.18. The third-order valence-electron chi connectivity index (χ3n) is 15.8. The van der Waals surface area contributed by atoms with Gasteiger partial charge in [-0.25, -0.2) is 0 Å². The first-order chi connectivity index (χ1) is 38.2. The molecule has 11 heteroatoms. The van der Waals surface area contributed by atoms with Gasteiger partial charge in [0.05, 0.1) is 25.4 Å². The molecule has 1 fully saturated rings. The molecule has 0 aliphatic carbocycles. The Labute approximate surface area is 479 Å². The zero-order chi connectivity index (χ0) is 56.8. The number of carbonyl (C=O) groups excluding carboxylic acids is 2. The molecule has 0 bridgehead atoms. The molecule has 1 aliphatic rings. The summed E-state index contributed by atoms with van der Waals surface area (Å²) >= 11 is 0. The molecule has 1 amide bonds. The van der Waals surface area contributed by atoms with Crippen LogP contribution < -0.4 is 5.32 Å². The molecule has 6 N–H and O–H groups in total. The molecule has 0 aromatic rings. The van der Waals surface area contributed by atoms with Crippen LogP contribution in [0.15, 0.2) is 36.5 Å². The number of allylic oxidation sites excluding steroid dienone is 5. The summed E-state index contributed by atoms with van der Waals surface area (Å²) in [5.41, 5.74) is 0. The van der Waals surface area contributed by atoms with E-state index in [-0.39, 0.29) is 13.0 Å². The number of aliphatic hydroxyl groups is 5. The van der Waals surface area contributed by atoms with E-state index in [0.29, 0.717) is 19.3 Å². The summed E-state index contributed by atoms with van der Waals surface area (Å²) in [4.78, 5) is 26.5. The van der Waals surface area contributed by atoms with Crippen LogP contribution in [0.25, 0.3) is 0 Å². The van der Waals surface area contributed by atoms with Gasteiger partial charge in [0.15, 0.2) is 12.4 Å². The van der Waals surface area contributed by atoms with Crippen LogP contribution in [0.4, 0.5) is 0 Å². The van der Waals surface area contributed by atoms with Crippen molar-refractivity contribution in [3.05, 3.63) is 36.5 Å². The molecule has 1 heterocycles. The van der Waals surface area contributed by atoms with Crippen LogP contribution in [-0.4, -0.2) is 99.6 Å². The summed E-state index contributed by atoms with van der Waals surface area (Å²) in [6.45, 7) is 5.77. The van der Waals surface area contributed by atoms with Crippen LogP contribution in [-0.2, 0) is 23.8 Å². The summed E-state index contributed by atoms with van der Waals surface area (Å²) in [6, 6.07) is -1.02. The van der Waals surface area contributed by atoms with Gasteiger partial charge < -0.3 is 45.1 Å². The van der Waals surface area contributed by atoms with Gasteiger partial charge in [-0.1, -0.05) is 288 Å². The van der Waals surface area contributed by atoms with Gasteiger partial charge in [0, 0.05) is 6.42 Å². The van der Waals surface area contributed by atoms with E-state index in [2.05, 4.69) is 50.4 Å². The Morgan fingerprint density at radius 1 is 0.500 bits per heavy atom. The van der Waals surface area contributed by atoms with Crippen molar-refractivity contribution < 1.29 is 49.3 Å². The number of carbonyl (C=O) groups is 2. The van der Waals surface area contributed by atoms with E-state index in [1.807, 2.05) is 6.08 Å². The molecule has 458 valence electrons. The topological polar surface area (TPSA) is 175 Å². The Morgan fingerprint density at radius 2 is 0.885 bits per heavy atom. The van der Waals surface area contributed by atoms with E-state index < -0.39 is 67.4 Å². The monoisotopic (exact) mass is 1100 g/mol. The number of amides is 1. The second kappa shape index (κ2) is 55.4. The maximum absolute atomic E-state index is 13.4. The molecule has 0 saturated carbocycles. The fourth-order valence-electron chi connectivity index (χ4n) is 10.5. The Balaban J connectivity index is 2.50. The van der Waals surface area contributed by atoms with Crippen LogP contribution in [0.5, 0.6) is 0 Å². The predicted octanol–water partition coefficient (Wildman–Crippen LogP) is 16.2. The molecule has 78 heavy (non-hydrogen) atoms. The number of hydrogen-bond donors (Lipinski definition) is 6. The molecule has 11 nitrogen and oxygen atoms in total. The van der Waals surface area contributed by atoms with Crippen molar-refractivity contribution in [3.8, 4) is 0 Å². The van der Waals surface area contributed by atoms with Gasteiger partial charge in [-0.2, -0.15) is 0 Å². The van der Waals surface area contributed by atoms with E-state index in [1.165, 1.54) is 205 Å². The first-order valence-corrected chi connectivity index (χ1v) is 33.3. The summed E-state index contributed by atoms with van der Waals surface area (Å²) in [7, 11) is 0. The summed E-state index contributed by atoms with van der Waals surface area (Å²) in [5, 5.41) is 56.9. The standard InChI is InChI=1S/C67H125NO10/c1-4-7-10-13-16-19-22-24-25-26-27-28-29-30-31-32-33-34-35-36-37-38-40-43-46-49-52-55-62(72)78-65-64(74)63(73)61(56-69)77-67(65)76-57-58(59(70)53-50-47-44-42-39-23-20-17-14-11-8-5-2)68-66(75)60(71)54-51-48-45-41-21-18-15-12-9-6-3/h16,19,24-25,50,53,58-61,63-65,67,69-71,73-74H,4-15,17-18,20-23,26-49,51-52,54-57H2,1-3H3,(H,68,75)/b19-16-,25-24-,53-50+. The lowest BCUT2D eigenvalue weighted by molar-refractivity contribution is -0.305. The third-order valence-corrected chi connectivity index (χ3v) is 15.8. The zero-order valence-corrected chi connectivity index (χ0v) is 50.8. The van der Waals surface area contributed by atoms with E-state index in [9.17, 15) is 35.1 Å². The largest absolute Gasteiger partial charge is 0.454 e. The van der Waals surface area contributed by atoms with Gasteiger partial charge in [0.2, 0.25) is 5.91 Å². The van der Waals surface area contributed by atoms with E-state index in [0.717, 1.165) is 64.2 Å². The molecule has 8 unspecified atom stereocenters. The maximum Gasteiger partial charge on any atom is 0.306 e. The van der Waals surface area contributed by atoms with Gasteiger partial charge in [-0.15, -0.1) is 0 Å². The second-order valence-electron chi connectivity index (χ2n) is 23.2. The Hall–Kier alpha value is -2.12. The highest BCUT2D eigenvalue weighted by molar-refractivity contribution is 5.80. The number of rotatable bonds is 57. The molecule has 1 aliphatic heterocycles. The molecule has 8 atom stereocenters. The highest BCUT2D eigenvalue weighted by Crippen LogP contribution is 2.26.